The van der Waals surface area contributed by atoms with Gasteiger partial charge in [-0.25, -0.2) is 0 Å². The number of methoxy groups -OCH3 is 1. The van der Waals surface area contributed by atoms with Crippen LogP contribution in [0.5, 0.6) is 5.75 Å². The smallest absolute Gasteiger partial charge is 0.188 e. The first-order valence-electron chi connectivity index (χ1n) is 7.19. The maximum absolute atomic E-state index is 11.7. The van der Waals surface area contributed by atoms with E-state index in [1.165, 1.54) is 12.8 Å². The second-order valence-electron chi connectivity index (χ2n) is 4.73. The fraction of sp³-hybridized carbons (Fsp3) is 0.471. The van der Waals surface area contributed by atoms with Gasteiger partial charge in [-0.1, -0.05) is 44.4 Å². The van der Waals surface area contributed by atoms with Crippen LogP contribution in [0.4, 0.5) is 0 Å². The van der Waals surface area contributed by atoms with Crippen LogP contribution in [0, 0.1) is 0 Å². The largest absolute Gasteiger partial charge is 0.468 e. The van der Waals surface area contributed by atoms with Crippen LogP contribution in [-0.2, 0) is 9.53 Å². The highest BCUT2D eigenvalue weighted by Crippen LogP contribution is 2.14. The lowest BCUT2D eigenvalue weighted by atomic mass is 10.1. The summed E-state index contributed by atoms with van der Waals surface area (Å²) in [5, 5.41) is 0. The van der Waals surface area contributed by atoms with E-state index in [0.717, 1.165) is 24.2 Å². The topological polar surface area (TPSA) is 35.5 Å². The molecule has 0 heterocycles. The van der Waals surface area contributed by atoms with Gasteiger partial charge in [0.2, 0.25) is 0 Å². The summed E-state index contributed by atoms with van der Waals surface area (Å²) in [7, 11) is 1.58. The Morgan fingerprint density at radius 3 is 2.85 bits per heavy atom. The lowest BCUT2D eigenvalue weighted by Crippen LogP contribution is -1.98. The average molecular weight is 276 g/mol. The van der Waals surface area contributed by atoms with Crippen molar-refractivity contribution >= 4 is 11.9 Å². The minimum Gasteiger partial charge on any atom is -0.468 e. The molecule has 0 spiro atoms. The molecule has 3 nitrogen and oxygen atoms in total. The molecule has 0 amide bonds. The number of hydrogen-bond donors (Lipinski definition) is 0. The Balaban J connectivity index is 2.42. The molecule has 0 saturated carbocycles. The van der Waals surface area contributed by atoms with Crippen molar-refractivity contribution in [1.82, 2.24) is 0 Å². The first-order valence-corrected chi connectivity index (χ1v) is 7.19. The predicted octanol–water partition coefficient (Wildman–Crippen LogP) is 4.22. The third kappa shape index (κ3) is 7.10. The van der Waals surface area contributed by atoms with Crippen LogP contribution in [0.25, 0.3) is 6.08 Å². The number of hydrogen-bond acceptors (Lipinski definition) is 3. The number of rotatable bonds is 10. The zero-order valence-electron chi connectivity index (χ0n) is 12.4. The normalized spacial score (nSPS) is 10.9. The standard InChI is InChI=1S/C17H24O3/c1-3-4-5-6-9-16(18)12-11-15-8-7-10-17(13-15)20-14-19-2/h7-8,10-13H,3-6,9,14H2,1-2H3. The van der Waals surface area contributed by atoms with E-state index >= 15 is 0 Å². The van der Waals surface area contributed by atoms with Gasteiger partial charge in [0.1, 0.15) is 5.75 Å². The molecule has 1 aromatic carbocycles. The molecule has 0 fully saturated rings. The lowest BCUT2D eigenvalue weighted by molar-refractivity contribution is -0.114. The molecular weight excluding hydrogens is 252 g/mol. The summed E-state index contributed by atoms with van der Waals surface area (Å²) < 4.78 is 10.2. The number of carbonyl (C=O) groups excluding carboxylic acids is 1. The maximum atomic E-state index is 11.7. The van der Waals surface area contributed by atoms with E-state index in [9.17, 15) is 4.79 Å². The van der Waals surface area contributed by atoms with Gasteiger partial charge in [-0.15, -0.1) is 0 Å². The fourth-order valence-electron chi connectivity index (χ4n) is 1.83. The summed E-state index contributed by atoms with van der Waals surface area (Å²) in [6, 6.07) is 7.60. The number of benzene rings is 1. The average Bonchev–Trinajstić information content (AvgIpc) is 2.48. The van der Waals surface area contributed by atoms with E-state index in [4.69, 9.17) is 9.47 Å². The van der Waals surface area contributed by atoms with Gasteiger partial charge in [-0.3, -0.25) is 4.79 Å². The summed E-state index contributed by atoms with van der Waals surface area (Å²) in [5.41, 5.74) is 0.959. The second kappa shape index (κ2) is 10.2. The zero-order chi connectivity index (χ0) is 14.6. The minimum atomic E-state index is 0.185. The third-order valence-electron chi connectivity index (χ3n) is 2.94. The first kappa shape index (κ1) is 16.4. The van der Waals surface area contributed by atoms with Crippen LogP contribution in [0.3, 0.4) is 0 Å². The molecule has 0 bridgehead atoms. The predicted molar refractivity (Wildman–Crippen MR) is 81.7 cm³/mol. The summed E-state index contributed by atoms with van der Waals surface area (Å²) in [6.07, 6.45) is 8.64. The first-order chi connectivity index (χ1) is 9.76. The molecule has 0 unspecified atom stereocenters. The van der Waals surface area contributed by atoms with Crippen molar-refractivity contribution in [2.75, 3.05) is 13.9 Å². The monoisotopic (exact) mass is 276 g/mol. The quantitative estimate of drug-likeness (QED) is 0.364. The van der Waals surface area contributed by atoms with Gasteiger partial charge in [-0.2, -0.15) is 0 Å². The summed E-state index contributed by atoms with van der Waals surface area (Å²) >= 11 is 0. The van der Waals surface area contributed by atoms with Crippen molar-refractivity contribution in [3.05, 3.63) is 35.9 Å². The Labute approximate surface area is 121 Å². The van der Waals surface area contributed by atoms with E-state index in [1.54, 1.807) is 13.2 Å². The zero-order valence-corrected chi connectivity index (χ0v) is 12.4. The number of unbranched alkanes of at least 4 members (excludes halogenated alkanes) is 3. The molecular formula is C17H24O3. The van der Waals surface area contributed by atoms with Crippen LogP contribution in [0.15, 0.2) is 30.3 Å². The van der Waals surface area contributed by atoms with Gasteiger partial charge in [0.05, 0.1) is 0 Å². The molecule has 0 atom stereocenters. The van der Waals surface area contributed by atoms with E-state index in [-0.39, 0.29) is 12.6 Å². The van der Waals surface area contributed by atoms with Gasteiger partial charge in [0.15, 0.2) is 12.6 Å². The van der Waals surface area contributed by atoms with Gasteiger partial charge >= 0.3 is 0 Å². The van der Waals surface area contributed by atoms with E-state index in [0.29, 0.717) is 6.42 Å². The maximum Gasteiger partial charge on any atom is 0.188 e. The van der Waals surface area contributed by atoms with Gasteiger partial charge in [0.25, 0.3) is 0 Å². The molecule has 1 rings (SSSR count). The number of carbonyl (C=O) groups is 1. The Kier molecular flexibility index (Phi) is 8.40. The Morgan fingerprint density at radius 2 is 2.10 bits per heavy atom. The van der Waals surface area contributed by atoms with Crippen LogP contribution < -0.4 is 4.74 Å². The molecule has 20 heavy (non-hydrogen) atoms. The summed E-state index contributed by atoms with van der Waals surface area (Å²) in [4.78, 5) is 11.7. The van der Waals surface area contributed by atoms with Crippen molar-refractivity contribution < 1.29 is 14.3 Å². The molecule has 0 aliphatic rings. The van der Waals surface area contributed by atoms with Gasteiger partial charge in [0, 0.05) is 13.5 Å². The molecule has 0 aliphatic heterocycles. The van der Waals surface area contributed by atoms with Crippen molar-refractivity contribution in [2.45, 2.75) is 39.0 Å². The van der Waals surface area contributed by atoms with Gasteiger partial charge in [-0.05, 0) is 30.2 Å². The molecule has 0 saturated heterocycles. The SMILES string of the molecule is CCCCCCC(=O)C=Cc1cccc(OCOC)c1. The molecule has 3 heteroatoms. The second-order valence-corrected chi connectivity index (χ2v) is 4.73. The highest BCUT2D eigenvalue weighted by atomic mass is 16.7. The van der Waals surface area contributed by atoms with Crippen LogP contribution in [0.2, 0.25) is 0 Å². The van der Waals surface area contributed by atoms with E-state index in [1.807, 2.05) is 30.3 Å². The number of allylic oxidation sites excluding steroid dienone is 1. The van der Waals surface area contributed by atoms with E-state index in [2.05, 4.69) is 6.92 Å². The van der Waals surface area contributed by atoms with Crippen LogP contribution >= 0.6 is 0 Å². The molecule has 1 aromatic rings. The summed E-state index contributed by atoms with van der Waals surface area (Å²) in [6.45, 7) is 2.39. The molecule has 0 aliphatic carbocycles. The highest BCUT2D eigenvalue weighted by molar-refractivity contribution is 5.93. The molecule has 0 aromatic heterocycles. The fourth-order valence-corrected chi connectivity index (χ4v) is 1.83. The van der Waals surface area contributed by atoms with Gasteiger partial charge < -0.3 is 9.47 Å². The third-order valence-corrected chi connectivity index (χ3v) is 2.94. The molecule has 110 valence electrons. The Morgan fingerprint density at radius 1 is 1.25 bits per heavy atom. The molecule has 0 N–H and O–H groups in total. The lowest BCUT2D eigenvalue weighted by Gasteiger charge is -2.04. The van der Waals surface area contributed by atoms with Crippen molar-refractivity contribution in [3.63, 3.8) is 0 Å². The van der Waals surface area contributed by atoms with Crippen LogP contribution in [0.1, 0.15) is 44.6 Å². The van der Waals surface area contributed by atoms with Crippen molar-refractivity contribution in [2.24, 2.45) is 0 Å². The molecule has 0 radical (unpaired) electrons. The highest BCUT2D eigenvalue weighted by Gasteiger charge is 1.98. The minimum absolute atomic E-state index is 0.185. The van der Waals surface area contributed by atoms with E-state index < -0.39 is 0 Å². The van der Waals surface area contributed by atoms with Crippen molar-refractivity contribution in [1.29, 1.82) is 0 Å². The number of ether oxygens (including phenoxy) is 2. The Hall–Kier alpha value is -1.61. The number of ketones is 1. The van der Waals surface area contributed by atoms with Crippen LogP contribution in [-0.4, -0.2) is 19.7 Å². The van der Waals surface area contributed by atoms with Crippen molar-refractivity contribution in [3.8, 4) is 5.75 Å². The summed E-state index contributed by atoms with van der Waals surface area (Å²) in [5.74, 6) is 0.925. The Bertz CT molecular complexity index is 424.